The van der Waals surface area contributed by atoms with Crippen molar-refractivity contribution in [3.8, 4) is 6.07 Å². The number of allylic oxidation sites excluding steroid dienone is 1. The van der Waals surface area contributed by atoms with Crippen LogP contribution >= 0.6 is 11.6 Å². The van der Waals surface area contributed by atoms with Gasteiger partial charge in [0.15, 0.2) is 0 Å². The van der Waals surface area contributed by atoms with Crippen LogP contribution in [0.5, 0.6) is 0 Å². The normalized spacial score (nSPS) is 11.6. The fraction of sp³-hybridized carbons (Fsp3) is 0. The van der Waals surface area contributed by atoms with Gasteiger partial charge in [-0.05, 0) is 35.4 Å². The molecule has 0 atom stereocenters. The quantitative estimate of drug-likeness (QED) is 0.767. The van der Waals surface area contributed by atoms with E-state index in [1.54, 1.807) is 24.5 Å². The van der Waals surface area contributed by atoms with Crippen molar-refractivity contribution in [2.24, 2.45) is 0 Å². The average molecular weight is 259 g/mol. The standard InChI is InChI=1S/C14H8ClFN2/c15-14(11-1-3-12(16)4-2-11)13(9-17)10-5-7-18-8-6-10/h1-8H/b14-13+. The molecule has 1 heterocycles. The van der Waals surface area contributed by atoms with E-state index < -0.39 is 0 Å². The summed E-state index contributed by atoms with van der Waals surface area (Å²) in [5, 5.41) is 9.47. The average Bonchev–Trinajstić information content (AvgIpc) is 2.41. The molecule has 0 spiro atoms. The molecule has 0 aliphatic rings. The van der Waals surface area contributed by atoms with E-state index in [0.717, 1.165) is 0 Å². The summed E-state index contributed by atoms with van der Waals surface area (Å²) >= 11 is 6.17. The first-order valence-electron chi connectivity index (χ1n) is 5.18. The van der Waals surface area contributed by atoms with E-state index in [4.69, 9.17) is 11.6 Å². The maximum absolute atomic E-state index is 12.8. The zero-order chi connectivity index (χ0) is 13.0. The minimum Gasteiger partial charge on any atom is -0.265 e. The number of benzene rings is 1. The van der Waals surface area contributed by atoms with Crippen LogP contribution in [0.2, 0.25) is 0 Å². The summed E-state index contributed by atoms with van der Waals surface area (Å²) in [6.45, 7) is 0. The molecule has 0 aliphatic heterocycles. The van der Waals surface area contributed by atoms with Crippen molar-refractivity contribution < 1.29 is 4.39 Å². The van der Waals surface area contributed by atoms with Crippen LogP contribution in [0.15, 0.2) is 48.8 Å². The Balaban J connectivity index is 2.51. The van der Waals surface area contributed by atoms with Crippen molar-refractivity contribution in [3.63, 3.8) is 0 Å². The third-order valence-electron chi connectivity index (χ3n) is 2.40. The van der Waals surface area contributed by atoms with Gasteiger partial charge >= 0.3 is 0 Å². The third-order valence-corrected chi connectivity index (χ3v) is 2.81. The Morgan fingerprint density at radius 2 is 1.67 bits per heavy atom. The lowest BCUT2D eigenvalue weighted by molar-refractivity contribution is 0.628. The van der Waals surface area contributed by atoms with E-state index in [1.165, 1.54) is 24.3 Å². The lowest BCUT2D eigenvalue weighted by Crippen LogP contribution is -1.87. The van der Waals surface area contributed by atoms with Crippen LogP contribution in [-0.2, 0) is 0 Å². The Hall–Kier alpha value is -2.18. The molecule has 0 bridgehead atoms. The van der Waals surface area contributed by atoms with E-state index in [1.807, 2.05) is 0 Å². The second kappa shape index (κ2) is 5.44. The Labute approximate surface area is 109 Å². The molecular weight excluding hydrogens is 251 g/mol. The van der Waals surface area contributed by atoms with Crippen molar-refractivity contribution >= 4 is 22.2 Å². The molecule has 1 aromatic carbocycles. The van der Waals surface area contributed by atoms with Gasteiger partial charge in [0.1, 0.15) is 11.9 Å². The van der Waals surface area contributed by atoms with Gasteiger partial charge in [-0.25, -0.2) is 4.39 Å². The largest absolute Gasteiger partial charge is 0.265 e. The molecule has 0 fully saturated rings. The number of hydrogen-bond acceptors (Lipinski definition) is 2. The van der Waals surface area contributed by atoms with Gasteiger partial charge in [0.2, 0.25) is 0 Å². The van der Waals surface area contributed by atoms with Crippen LogP contribution in [0.3, 0.4) is 0 Å². The maximum atomic E-state index is 12.8. The number of rotatable bonds is 2. The minimum absolute atomic E-state index is 0.295. The molecule has 18 heavy (non-hydrogen) atoms. The molecule has 0 radical (unpaired) electrons. The maximum Gasteiger partial charge on any atom is 0.123 e. The predicted molar refractivity (Wildman–Crippen MR) is 68.9 cm³/mol. The van der Waals surface area contributed by atoms with Crippen LogP contribution < -0.4 is 0 Å². The molecule has 2 aromatic rings. The molecule has 0 saturated carbocycles. The summed E-state index contributed by atoms with van der Waals surface area (Å²) in [4.78, 5) is 3.88. The van der Waals surface area contributed by atoms with Crippen LogP contribution in [0.1, 0.15) is 11.1 Å². The molecule has 0 N–H and O–H groups in total. The monoisotopic (exact) mass is 258 g/mol. The Morgan fingerprint density at radius 1 is 1.06 bits per heavy atom. The highest BCUT2D eigenvalue weighted by molar-refractivity contribution is 6.53. The summed E-state index contributed by atoms with van der Waals surface area (Å²) in [6.07, 6.45) is 3.17. The highest BCUT2D eigenvalue weighted by Crippen LogP contribution is 2.28. The molecule has 0 saturated heterocycles. The fourth-order valence-electron chi connectivity index (χ4n) is 1.50. The van der Waals surface area contributed by atoms with Gasteiger partial charge in [0.25, 0.3) is 0 Å². The van der Waals surface area contributed by atoms with E-state index >= 15 is 0 Å². The minimum atomic E-state index is -0.342. The van der Waals surface area contributed by atoms with Gasteiger partial charge in [0.05, 0.1) is 10.6 Å². The van der Waals surface area contributed by atoms with E-state index in [-0.39, 0.29) is 5.82 Å². The molecule has 4 heteroatoms. The van der Waals surface area contributed by atoms with Crippen molar-refractivity contribution in [2.75, 3.05) is 0 Å². The van der Waals surface area contributed by atoms with Crippen molar-refractivity contribution in [1.82, 2.24) is 4.98 Å². The van der Waals surface area contributed by atoms with E-state index in [9.17, 15) is 9.65 Å². The molecule has 0 aliphatic carbocycles. The molecule has 0 unspecified atom stereocenters. The van der Waals surface area contributed by atoms with Gasteiger partial charge in [-0.2, -0.15) is 5.26 Å². The SMILES string of the molecule is N#C/C(=C(\Cl)c1ccc(F)cc1)c1ccncc1. The van der Waals surface area contributed by atoms with Crippen molar-refractivity contribution in [2.45, 2.75) is 0 Å². The van der Waals surface area contributed by atoms with Gasteiger partial charge in [-0.3, -0.25) is 4.98 Å². The zero-order valence-electron chi connectivity index (χ0n) is 9.27. The second-order valence-corrected chi connectivity index (χ2v) is 3.92. The predicted octanol–water partition coefficient (Wildman–Crippen LogP) is 3.85. The van der Waals surface area contributed by atoms with Crippen molar-refractivity contribution in [3.05, 3.63) is 65.7 Å². The van der Waals surface area contributed by atoms with Crippen LogP contribution in [0.25, 0.3) is 10.6 Å². The highest BCUT2D eigenvalue weighted by atomic mass is 35.5. The van der Waals surface area contributed by atoms with Crippen LogP contribution in [-0.4, -0.2) is 4.98 Å². The van der Waals surface area contributed by atoms with E-state index in [0.29, 0.717) is 21.7 Å². The fourth-order valence-corrected chi connectivity index (χ4v) is 1.78. The zero-order valence-corrected chi connectivity index (χ0v) is 10.0. The van der Waals surface area contributed by atoms with Gasteiger partial charge in [-0.15, -0.1) is 0 Å². The summed E-state index contributed by atoms with van der Waals surface area (Å²) in [5.74, 6) is -0.342. The summed E-state index contributed by atoms with van der Waals surface area (Å²) in [5.41, 5.74) is 1.62. The Bertz CT molecular complexity index is 612. The second-order valence-electron chi connectivity index (χ2n) is 3.54. The number of hydrogen-bond donors (Lipinski definition) is 0. The molecule has 0 amide bonds. The molecule has 1 aromatic heterocycles. The highest BCUT2D eigenvalue weighted by Gasteiger charge is 2.09. The van der Waals surface area contributed by atoms with Gasteiger partial charge < -0.3 is 0 Å². The first-order chi connectivity index (χ1) is 8.72. The molecule has 2 nitrogen and oxygen atoms in total. The van der Waals surface area contributed by atoms with Crippen LogP contribution in [0.4, 0.5) is 4.39 Å². The Kier molecular flexibility index (Phi) is 3.71. The Morgan fingerprint density at radius 3 is 2.22 bits per heavy atom. The third kappa shape index (κ3) is 2.55. The number of aromatic nitrogens is 1. The van der Waals surface area contributed by atoms with Crippen molar-refractivity contribution in [1.29, 1.82) is 5.26 Å². The van der Waals surface area contributed by atoms with Crippen LogP contribution in [0, 0.1) is 17.1 Å². The van der Waals surface area contributed by atoms with E-state index in [2.05, 4.69) is 11.1 Å². The number of nitriles is 1. The summed E-state index contributed by atoms with van der Waals surface area (Å²) in [7, 11) is 0. The molecule has 2 rings (SSSR count). The smallest absolute Gasteiger partial charge is 0.123 e. The molecular formula is C14H8ClFN2. The molecule has 88 valence electrons. The first kappa shape index (κ1) is 12.3. The van der Waals surface area contributed by atoms with Gasteiger partial charge in [-0.1, -0.05) is 23.7 Å². The number of pyridine rings is 1. The topological polar surface area (TPSA) is 36.7 Å². The first-order valence-corrected chi connectivity index (χ1v) is 5.56. The summed E-state index contributed by atoms with van der Waals surface area (Å²) in [6, 6.07) is 11.1. The lowest BCUT2D eigenvalue weighted by Gasteiger charge is -2.04. The number of nitrogens with zero attached hydrogens (tertiary/aromatic N) is 2. The van der Waals surface area contributed by atoms with Gasteiger partial charge in [0, 0.05) is 12.4 Å². The lowest BCUT2D eigenvalue weighted by atomic mass is 10.0. The number of halogens is 2. The summed E-state index contributed by atoms with van der Waals surface area (Å²) < 4.78 is 12.8.